The normalized spacial score (nSPS) is 10.6. The van der Waals surface area contributed by atoms with Gasteiger partial charge in [0, 0.05) is 34.6 Å². The second-order valence-corrected chi connectivity index (χ2v) is 6.98. The number of hydrogen-bond acceptors (Lipinski definition) is 3. The summed E-state index contributed by atoms with van der Waals surface area (Å²) in [6.45, 7) is 3.79. The highest BCUT2D eigenvalue weighted by Crippen LogP contribution is 2.29. The van der Waals surface area contributed by atoms with E-state index in [-0.39, 0.29) is 17.9 Å². The molecule has 28 heavy (non-hydrogen) atoms. The first-order chi connectivity index (χ1) is 13.4. The molecule has 0 aliphatic heterocycles. The Balaban J connectivity index is 1.75. The molecule has 142 valence electrons. The van der Waals surface area contributed by atoms with E-state index < -0.39 is 0 Å². The van der Waals surface area contributed by atoms with Crippen molar-refractivity contribution in [3.8, 4) is 11.3 Å². The Morgan fingerprint density at radius 1 is 0.929 bits per heavy atom. The Morgan fingerprint density at radius 2 is 1.61 bits per heavy atom. The average molecular weight is 394 g/mol. The summed E-state index contributed by atoms with van der Waals surface area (Å²) in [5.74, 6) is -0.440. The van der Waals surface area contributed by atoms with Gasteiger partial charge in [-0.05, 0) is 68.4 Å². The van der Waals surface area contributed by atoms with Crippen molar-refractivity contribution in [2.75, 3.05) is 5.32 Å². The molecule has 0 saturated carbocycles. The van der Waals surface area contributed by atoms with Crippen LogP contribution in [-0.4, -0.2) is 22.8 Å². The molecule has 2 amide bonds. The molecule has 0 atom stereocenters. The van der Waals surface area contributed by atoms with Gasteiger partial charge in [0.15, 0.2) is 0 Å². The zero-order chi connectivity index (χ0) is 20.1. The molecular weight excluding hydrogens is 374 g/mol. The molecule has 0 fully saturated rings. The van der Waals surface area contributed by atoms with Gasteiger partial charge in [-0.1, -0.05) is 17.7 Å². The topological polar surface area (TPSA) is 71.1 Å². The number of benzene rings is 2. The molecular formula is C22H20ClN3O2. The molecule has 0 unspecified atom stereocenters. The first kappa shape index (κ1) is 19.6. The molecule has 3 rings (SSSR count). The van der Waals surface area contributed by atoms with Crippen LogP contribution in [-0.2, 0) is 0 Å². The Labute approximate surface area is 168 Å². The molecule has 1 aromatic heterocycles. The van der Waals surface area contributed by atoms with E-state index in [0.717, 1.165) is 11.3 Å². The van der Waals surface area contributed by atoms with Crippen molar-refractivity contribution in [2.24, 2.45) is 0 Å². The second-order valence-electron chi connectivity index (χ2n) is 6.57. The number of pyridine rings is 1. The first-order valence-corrected chi connectivity index (χ1v) is 9.25. The highest BCUT2D eigenvalue weighted by atomic mass is 35.5. The lowest BCUT2D eigenvalue weighted by atomic mass is 10.1. The highest BCUT2D eigenvalue weighted by molar-refractivity contribution is 6.33. The van der Waals surface area contributed by atoms with Crippen molar-refractivity contribution in [1.82, 2.24) is 10.3 Å². The quantitative estimate of drug-likeness (QED) is 0.654. The number of carbonyl (C=O) groups excluding carboxylic acids is 2. The fourth-order valence-electron chi connectivity index (χ4n) is 2.64. The third-order valence-corrected chi connectivity index (χ3v) is 4.32. The molecule has 0 bridgehead atoms. The zero-order valence-corrected chi connectivity index (χ0v) is 16.3. The molecule has 0 aliphatic rings. The Kier molecular flexibility index (Phi) is 6.06. The van der Waals surface area contributed by atoms with Gasteiger partial charge in [0.2, 0.25) is 0 Å². The van der Waals surface area contributed by atoms with Crippen LogP contribution in [0.25, 0.3) is 11.3 Å². The van der Waals surface area contributed by atoms with Crippen molar-refractivity contribution in [1.29, 1.82) is 0 Å². The van der Waals surface area contributed by atoms with Crippen molar-refractivity contribution in [3.63, 3.8) is 0 Å². The van der Waals surface area contributed by atoms with Crippen molar-refractivity contribution in [2.45, 2.75) is 19.9 Å². The molecule has 3 aromatic rings. The summed E-state index contributed by atoms with van der Waals surface area (Å²) in [7, 11) is 0. The molecule has 5 nitrogen and oxygen atoms in total. The zero-order valence-electron chi connectivity index (χ0n) is 15.6. The summed E-state index contributed by atoms with van der Waals surface area (Å²) < 4.78 is 0. The number of amides is 2. The predicted octanol–water partition coefficient (Wildman–Crippen LogP) is 4.79. The smallest absolute Gasteiger partial charge is 0.255 e. The second kappa shape index (κ2) is 8.67. The van der Waals surface area contributed by atoms with Crippen LogP contribution >= 0.6 is 11.6 Å². The van der Waals surface area contributed by atoms with Crippen LogP contribution in [0.1, 0.15) is 34.6 Å². The van der Waals surface area contributed by atoms with Crippen LogP contribution in [0.15, 0.2) is 66.9 Å². The number of aromatic nitrogens is 1. The fourth-order valence-corrected chi connectivity index (χ4v) is 2.86. The highest BCUT2D eigenvalue weighted by Gasteiger charge is 2.12. The molecule has 6 heteroatoms. The van der Waals surface area contributed by atoms with Crippen molar-refractivity contribution in [3.05, 3.63) is 83.0 Å². The van der Waals surface area contributed by atoms with Crippen LogP contribution in [0.4, 0.5) is 5.69 Å². The molecule has 0 aliphatic carbocycles. The minimum absolute atomic E-state index is 0.0497. The summed E-state index contributed by atoms with van der Waals surface area (Å²) in [6, 6.07) is 17.4. The lowest BCUT2D eigenvalue weighted by Crippen LogP contribution is -2.30. The van der Waals surface area contributed by atoms with Crippen LogP contribution in [0, 0.1) is 0 Å². The maximum absolute atomic E-state index is 12.5. The van der Waals surface area contributed by atoms with Crippen molar-refractivity contribution >= 4 is 29.1 Å². The number of nitrogens with zero attached hydrogens (tertiary/aromatic N) is 1. The number of rotatable bonds is 5. The monoisotopic (exact) mass is 393 g/mol. The molecule has 2 aromatic carbocycles. The summed E-state index contributed by atoms with van der Waals surface area (Å²) in [5.41, 5.74) is 3.03. The van der Waals surface area contributed by atoms with Gasteiger partial charge in [0.25, 0.3) is 11.8 Å². The van der Waals surface area contributed by atoms with E-state index in [2.05, 4.69) is 15.6 Å². The van der Waals surface area contributed by atoms with Crippen LogP contribution in [0.3, 0.4) is 0 Å². The number of nitrogens with one attached hydrogen (secondary N) is 2. The number of hydrogen-bond donors (Lipinski definition) is 2. The minimum atomic E-state index is -0.273. The third kappa shape index (κ3) is 4.75. The number of carbonyl (C=O) groups is 2. The van der Waals surface area contributed by atoms with Gasteiger partial charge in [-0.15, -0.1) is 0 Å². The van der Waals surface area contributed by atoms with Gasteiger partial charge < -0.3 is 10.6 Å². The Bertz CT molecular complexity index is 986. The SMILES string of the molecule is CC(C)NC(=O)c1ccc(C(=O)Nc2ccc(Cl)c(-c3ccccn3)c2)cc1. The number of halogens is 1. The van der Waals surface area contributed by atoms with E-state index in [4.69, 9.17) is 11.6 Å². The largest absolute Gasteiger partial charge is 0.350 e. The van der Waals surface area contributed by atoms with Crippen molar-refractivity contribution < 1.29 is 9.59 Å². The summed E-state index contributed by atoms with van der Waals surface area (Å²) >= 11 is 6.28. The van der Waals surface area contributed by atoms with E-state index in [1.54, 1.807) is 48.7 Å². The lowest BCUT2D eigenvalue weighted by Gasteiger charge is -2.10. The molecule has 1 heterocycles. The summed E-state index contributed by atoms with van der Waals surface area (Å²) in [4.78, 5) is 28.8. The molecule has 0 saturated heterocycles. The first-order valence-electron chi connectivity index (χ1n) is 8.87. The lowest BCUT2D eigenvalue weighted by molar-refractivity contribution is 0.0941. The van der Waals surface area contributed by atoms with Gasteiger partial charge in [-0.25, -0.2) is 0 Å². The van der Waals surface area contributed by atoms with E-state index in [1.165, 1.54) is 0 Å². The predicted molar refractivity (Wildman–Crippen MR) is 112 cm³/mol. The van der Waals surface area contributed by atoms with Gasteiger partial charge >= 0.3 is 0 Å². The summed E-state index contributed by atoms with van der Waals surface area (Å²) in [5, 5.41) is 6.22. The molecule has 0 spiro atoms. The van der Waals surface area contributed by atoms with Crippen LogP contribution in [0.5, 0.6) is 0 Å². The molecule has 2 N–H and O–H groups in total. The fraction of sp³-hybridized carbons (Fsp3) is 0.136. The minimum Gasteiger partial charge on any atom is -0.350 e. The molecule has 0 radical (unpaired) electrons. The van der Waals surface area contributed by atoms with E-state index in [0.29, 0.717) is 21.8 Å². The van der Waals surface area contributed by atoms with Gasteiger partial charge in [-0.2, -0.15) is 0 Å². The van der Waals surface area contributed by atoms with Gasteiger partial charge in [0.05, 0.1) is 10.7 Å². The van der Waals surface area contributed by atoms with E-state index >= 15 is 0 Å². The van der Waals surface area contributed by atoms with E-state index in [9.17, 15) is 9.59 Å². The average Bonchev–Trinajstić information content (AvgIpc) is 2.69. The van der Waals surface area contributed by atoms with Crippen LogP contribution < -0.4 is 10.6 Å². The summed E-state index contributed by atoms with van der Waals surface area (Å²) in [6.07, 6.45) is 1.69. The van der Waals surface area contributed by atoms with Gasteiger partial charge in [-0.3, -0.25) is 14.6 Å². The maximum Gasteiger partial charge on any atom is 0.255 e. The van der Waals surface area contributed by atoms with E-state index in [1.807, 2.05) is 32.0 Å². The number of anilines is 1. The maximum atomic E-state index is 12.5. The Hall–Kier alpha value is -3.18. The van der Waals surface area contributed by atoms with Gasteiger partial charge in [0.1, 0.15) is 0 Å². The standard InChI is InChI=1S/C22H20ClN3O2/c1-14(2)25-21(27)15-6-8-16(9-7-15)22(28)26-17-10-11-19(23)18(13-17)20-5-3-4-12-24-20/h3-14H,1-2H3,(H,25,27)(H,26,28). The van der Waals surface area contributed by atoms with Crippen LogP contribution in [0.2, 0.25) is 5.02 Å². The third-order valence-electron chi connectivity index (χ3n) is 3.99. The Morgan fingerprint density at radius 3 is 2.21 bits per heavy atom.